The van der Waals surface area contributed by atoms with Gasteiger partial charge in [-0.05, 0) is 17.7 Å². The normalized spacial score (nSPS) is 21.4. The predicted octanol–water partition coefficient (Wildman–Crippen LogP) is 1.57. The molecule has 142 valence electrons. The summed E-state index contributed by atoms with van der Waals surface area (Å²) < 4.78 is 10.8. The van der Waals surface area contributed by atoms with Gasteiger partial charge in [-0.1, -0.05) is 6.07 Å². The lowest BCUT2D eigenvalue weighted by Gasteiger charge is -2.17. The summed E-state index contributed by atoms with van der Waals surface area (Å²) in [6.45, 7) is 1.98. The molecule has 0 saturated carbocycles. The standard InChI is InChI=1S/C19H22N4O4/c1-22(2)19-20-6-12(7-21-19)8-23-9-14(15(10-23)18(24)25)13-3-4-16-17(5-13)27-11-26-16/h3-7,14-15H,8-11H2,1-2H3,(H,24,25)/t14-,15+/m1/s1. The van der Waals surface area contributed by atoms with Crippen LogP contribution in [0.5, 0.6) is 11.5 Å². The van der Waals surface area contributed by atoms with Crippen molar-refractivity contribution in [2.75, 3.05) is 38.9 Å². The third-order valence-electron chi connectivity index (χ3n) is 5.04. The number of ether oxygens (including phenoxy) is 2. The summed E-state index contributed by atoms with van der Waals surface area (Å²) in [4.78, 5) is 24.5. The predicted molar refractivity (Wildman–Crippen MR) is 98.1 cm³/mol. The number of anilines is 1. The molecule has 1 aromatic heterocycles. The molecule has 1 aromatic carbocycles. The molecule has 8 nitrogen and oxygen atoms in total. The summed E-state index contributed by atoms with van der Waals surface area (Å²) in [5, 5.41) is 9.71. The molecule has 3 heterocycles. The maximum atomic E-state index is 11.8. The van der Waals surface area contributed by atoms with E-state index in [0.717, 1.165) is 11.1 Å². The van der Waals surface area contributed by atoms with Gasteiger partial charge in [0.2, 0.25) is 12.7 Å². The van der Waals surface area contributed by atoms with Crippen molar-refractivity contribution >= 4 is 11.9 Å². The van der Waals surface area contributed by atoms with E-state index in [1.807, 2.05) is 37.2 Å². The largest absolute Gasteiger partial charge is 0.481 e. The van der Waals surface area contributed by atoms with E-state index in [9.17, 15) is 9.90 Å². The quantitative estimate of drug-likeness (QED) is 0.849. The first kappa shape index (κ1) is 17.5. The summed E-state index contributed by atoms with van der Waals surface area (Å²) in [7, 11) is 3.78. The van der Waals surface area contributed by atoms with E-state index < -0.39 is 11.9 Å². The SMILES string of the molecule is CN(C)c1ncc(CN2C[C@H](C(=O)O)[C@@H](c3ccc4c(c3)OCO4)C2)cn1. The van der Waals surface area contributed by atoms with Crippen molar-refractivity contribution in [2.45, 2.75) is 12.5 Å². The first-order valence-electron chi connectivity index (χ1n) is 8.84. The van der Waals surface area contributed by atoms with Crippen LogP contribution in [-0.2, 0) is 11.3 Å². The first-order valence-corrected chi connectivity index (χ1v) is 8.84. The highest BCUT2D eigenvalue weighted by atomic mass is 16.7. The number of fused-ring (bicyclic) bond motifs is 1. The number of carboxylic acid groups (broad SMARTS) is 1. The van der Waals surface area contributed by atoms with Crippen LogP contribution in [0.4, 0.5) is 5.95 Å². The summed E-state index contributed by atoms with van der Waals surface area (Å²) in [5.41, 5.74) is 1.93. The molecule has 27 heavy (non-hydrogen) atoms. The van der Waals surface area contributed by atoms with E-state index >= 15 is 0 Å². The van der Waals surface area contributed by atoms with E-state index in [1.165, 1.54) is 0 Å². The van der Waals surface area contributed by atoms with Crippen LogP contribution in [0.2, 0.25) is 0 Å². The van der Waals surface area contributed by atoms with Gasteiger partial charge in [0.25, 0.3) is 0 Å². The van der Waals surface area contributed by atoms with Crippen molar-refractivity contribution in [1.29, 1.82) is 0 Å². The Morgan fingerprint density at radius 1 is 1.22 bits per heavy atom. The summed E-state index contributed by atoms with van der Waals surface area (Å²) in [5.74, 6) is 0.703. The zero-order valence-electron chi connectivity index (χ0n) is 15.3. The fourth-order valence-corrected chi connectivity index (χ4v) is 3.66. The molecule has 1 saturated heterocycles. The molecule has 1 fully saturated rings. The number of aromatic nitrogens is 2. The second-order valence-electron chi connectivity index (χ2n) is 7.14. The van der Waals surface area contributed by atoms with Crippen LogP contribution >= 0.6 is 0 Å². The molecule has 2 atom stereocenters. The lowest BCUT2D eigenvalue weighted by atomic mass is 9.89. The Hall–Kier alpha value is -2.87. The third kappa shape index (κ3) is 3.52. The van der Waals surface area contributed by atoms with E-state index in [1.54, 1.807) is 12.4 Å². The van der Waals surface area contributed by atoms with Gasteiger partial charge in [-0.25, -0.2) is 9.97 Å². The van der Waals surface area contributed by atoms with Gasteiger partial charge < -0.3 is 19.5 Å². The van der Waals surface area contributed by atoms with Crippen LogP contribution in [0.3, 0.4) is 0 Å². The van der Waals surface area contributed by atoms with Gasteiger partial charge in [0.15, 0.2) is 11.5 Å². The molecule has 2 aromatic rings. The first-order chi connectivity index (χ1) is 13.0. The minimum atomic E-state index is -0.778. The van der Waals surface area contributed by atoms with E-state index in [4.69, 9.17) is 9.47 Å². The van der Waals surface area contributed by atoms with Gasteiger partial charge in [-0.2, -0.15) is 0 Å². The fourth-order valence-electron chi connectivity index (χ4n) is 3.66. The van der Waals surface area contributed by atoms with Crippen molar-refractivity contribution in [1.82, 2.24) is 14.9 Å². The number of aliphatic carboxylic acids is 1. The number of hydrogen-bond acceptors (Lipinski definition) is 7. The van der Waals surface area contributed by atoms with Gasteiger partial charge in [0.1, 0.15) is 0 Å². The Balaban J connectivity index is 1.51. The molecule has 8 heteroatoms. The summed E-state index contributed by atoms with van der Waals surface area (Å²) >= 11 is 0. The van der Waals surface area contributed by atoms with Crippen LogP contribution in [-0.4, -0.2) is 59.9 Å². The zero-order valence-corrected chi connectivity index (χ0v) is 15.3. The highest BCUT2D eigenvalue weighted by Gasteiger charge is 2.39. The minimum absolute atomic E-state index is 0.0982. The molecular formula is C19H22N4O4. The molecule has 0 aliphatic carbocycles. The summed E-state index contributed by atoms with van der Waals surface area (Å²) in [6, 6.07) is 5.70. The van der Waals surface area contributed by atoms with Crippen LogP contribution < -0.4 is 14.4 Å². The lowest BCUT2D eigenvalue weighted by molar-refractivity contribution is -0.141. The molecule has 2 aliphatic heterocycles. The maximum Gasteiger partial charge on any atom is 0.308 e. The highest BCUT2D eigenvalue weighted by Crippen LogP contribution is 2.39. The molecule has 0 radical (unpaired) electrons. The number of hydrogen-bond donors (Lipinski definition) is 1. The smallest absolute Gasteiger partial charge is 0.308 e. The Morgan fingerprint density at radius 3 is 2.67 bits per heavy atom. The zero-order chi connectivity index (χ0) is 19.0. The maximum absolute atomic E-state index is 11.8. The van der Waals surface area contributed by atoms with E-state index in [-0.39, 0.29) is 12.7 Å². The topological polar surface area (TPSA) is 88.0 Å². The molecule has 1 N–H and O–H groups in total. The summed E-state index contributed by atoms with van der Waals surface area (Å²) in [6.07, 6.45) is 3.60. The molecule has 0 bridgehead atoms. The Labute approximate surface area is 157 Å². The van der Waals surface area contributed by atoms with Crippen LogP contribution in [0.15, 0.2) is 30.6 Å². The van der Waals surface area contributed by atoms with E-state index in [2.05, 4.69) is 14.9 Å². The second kappa shape index (κ2) is 7.03. The third-order valence-corrected chi connectivity index (χ3v) is 5.04. The minimum Gasteiger partial charge on any atom is -0.481 e. The van der Waals surface area contributed by atoms with Crippen molar-refractivity contribution in [3.8, 4) is 11.5 Å². The number of carbonyl (C=O) groups is 1. The van der Waals surface area contributed by atoms with Crippen LogP contribution in [0.25, 0.3) is 0 Å². The number of nitrogens with zero attached hydrogens (tertiary/aromatic N) is 4. The van der Waals surface area contributed by atoms with Crippen molar-refractivity contribution in [2.24, 2.45) is 5.92 Å². The highest BCUT2D eigenvalue weighted by molar-refractivity contribution is 5.72. The Morgan fingerprint density at radius 2 is 1.96 bits per heavy atom. The van der Waals surface area contributed by atoms with Crippen molar-refractivity contribution in [3.05, 3.63) is 41.7 Å². The van der Waals surface area contributed by atoms with Gasteiger partial charge in [-0.15, -0.1) is 0 Å². The monoisotopic (exact) mass is 370 g/mol. The molecular weight excluding hydrogens is 348 g/mol. The van der Waals surface area contributed by atoms with Crippen molar-refractivity contribution in [3.63, 3.8) is 0 Å². The number of benzene rings is 1. The Bertz CT molecular complexity index is 840. The number of rotatable bonds is 5. The van der Waals surface area contributed by atoms with Gasteiger partial charge >= 0.3 is 5.97 Å². The van der Waals surface area contributed by atoms with Crippen LogP contribution in [0, 0.1) is 5.92 Å². The van der Waals surface area contributed by atoms with E-state index in [0.29, 0.717) is 37.1 Å². The molecule has 0 unspecified atom stereocenters. The average molecular weight is 370 g/mol. The molecule has 0 spiro atoms. The van der Waals surface area contributed by atoms with Gasteiger partial charge in [0.05, 0.1) is 5.92 Å². The molecule has 2 aliphatic rings. The van der Waals surface area contributed by atoms with Crippen molar-refractivity contribution < 1.29 is 19.4 Å². The van der Waals surface area contributed by atoms with Gasteiger partial charge in [0, 0.05) is 57.6 Å². The average Bonchev–Trinajstić information content (AvgIpc) is 3.28. The fraction of sp³-hybridized carbons (Fsp3) is 0.421. The second-order valence-corrected chi connectivity index (χ2v) is 7.14. The molecule has 0 amide bonds. The molecule has 4 rings (SSSR count). The lowest BCUT2D eigenvalue weighted by Crippen LogP contribution is -2.23. The van der Waals surface area contributed by atoms with Crippen LogP contribution in [0.1, 0.15) is 17.0 Å². The Kier molecular flexibility index (Phi) is 4.57. The number of carboxylic acids is 1. The van der Waals surface area contributed by atoms with Gasteiger partial charge in [-0.3, -0.25) is 9.69 Å². The number of likely N-dealkylation sites (tertiary alicyclic amines) is 1.